The summed E-state index contributed by atoms with van der Waals surface area (Å²) in [4.78, 5) is 36.8. The van der Waals surface area contributed by atoms with Crippen LogP contribution in [0.4, 0.5) is 5.69 Å². The topological polar surface area (TPSA) is 89.8 Å². The first kappa shape index (κ1) is 18.6. The highest BCUT2D eigenvalue weighted by molar-refractivity contribution is 6.33. The summed E-state index contributed by atoms with van der Waals surface area (Å²) in [6.45, 7) is 0.316. The quantitative estimate of drug-likeness (QED) is 0.452. The first-order valence-electron chi connectivity index (χ1n) is 8.88. The van der Waals surface area contributed by atoms with Crippen LogP contribution in [0.2, 0.25) is 5.02 Å². The van der Waals surface area contributed by atoms with Gasteiger partial charge in [0.05, 0.1) is 15.5 Å². The number of non-ortho nitro benzene ring substituents is 1. The number of rotatable bonds is 4. The molecule has 0 aromatic heterocycles. The van der Waals surface area contributed by atoms with Crippen LogP contribution in [0.1, 0.15) is 48.9 Å². The van der Waals surface area contributed by atoms with Gasteiger partial charge in [0.2, 0.25) is 0 Å². The summed E-state index contributed by atoms with van der Waals surface area (Å²) < 4.78 is 5.10. The third-order valence-electron chi connectivity index (χ3n) is 5.27. The van der Waals surface area contributed by atoms with Crippen molar-refractivity contribution in [2.24, 2.45) is 5.92 Å². The van der Waals surface area contributed by atoms with Crippen LogP contribution in [0.5, 0.6) is 0 Å². The fourth-order valence-electron chi connectivity index (χ4n) is 4.01. The van der Waals surface area contributed by atoms with Gasteiger partial charge in [-0.25, -0.2) is 4.79 Å². The molecule has 2 fully saturated rings. The van der Waals surface area contributed by atoms with Crippen LogP contribution in [0.25, 0.3) is 0 Å². The fourth-order valence-corrected chi connectivity index (χ4v) is 4.20. The van der Waals surface area contributed by atoms with Gasteiger partial charge in [0.1, 0.15) is 0 Å². The summed E-state index contributed by atoms with van der Waals surface area (Å²) in [6, 6.07) is 3.79. The highest BCUT2D eigenvalue weighted by Gasteiger charge is 2.35. The van der Waals surface area contributed by atoms with Gasteiger partial charge in [0, 0.05) is 24.7 Å². The van der Waals surface area contributed by atoms with Crippen LogP contribution >= 0.6 is 11.6 Å². The third-order valence-corrected chi connectivity index (χ3v) is 5.60. The minimum absolute atomic E-state index is 0.0540. The van der Waals surface area contributed by atoms with Crippen molar-refractivity contribution in [2.75, 3.05) is 13.2 Å². The number of amides is 1. The Kier molecular flexibility index (Phi) is 5.76. The Labute approximate surface area is 156 Å². The van der Waals surface area contributed by atoms with Gasteiger partial charge in [-0.3, -0.25) is 14.9 Å². The molecule has 1 saturated heterocycles. The number of hydrogen-bond donors (Lipinski definition) is 0. The zero-order valence-electron chi connectivity index (χ0n) is 14.4. The molecule has 140 valence electrons. The molecule has 0 N–H and O–H groups in total. The molecule has 1 aromatic carbocycles. The number of likely N-dealkylation sites (tertiary alicyclic amines) is 1. The zero-order chi connectivity index (χ0) is 18.7. The molecule has 0 bridgehead atoms. The Balaban J connectivity index is 1.63. The lowest BCUT2D eigenvalue weighted by Gasteiger charge is -2.44. The van der Waals surface area contributed by atoms with Gasteiger partial charge in [-0.15, -0.1) is 0 Å². The first-order valence-corrected chi connectivity index (χ1v) is 9.25. The van der Waals surface area contributed by atoms with E-state index in [9.17, 15) is 19.7 Å². The summed E-state index contributed by atoms with van der Waals surface area (Å²) in [5.74, 6) is -0.496. The maximum Gasteiger partial charge on any atom is 0.340 e. The second kappa shape index (κ2) is 8.03. The Bertz CT molecular complexity index is 722. The van der Waals surface area contributed by atoms with Gasteiger partial charge in [0.25, 0.3) is 11.6 Å². The number of fused-ring (bicyclic) bond motifs is 1. The maximum absolute atomic E-state index is 12.6. The Morgan fingerprint density at radius 3 is 2.73 bits per heavy atom. The Morgan fingerprint density at radius 1 is 1.23 bits per heavy atom. The molecular weight excluding hydrogens is 360 g/mol. The molecule has 0 unspecified atom stereocenters. The van der Waals surface area contributed by atoms with Crippen molar-refractivity contribution in [1.29, 1.82) is 0 Å². The van der Waals surface area contributed by atoms with Gasteiger partial charge in [-0.2, -0.15) is 0 Å². The predicted octanol–water partition coefficient (Wildman–Crippen LogP) is 3.59. The second-order valence-corrected chi connectivity index (χ2v) is 7.25. The fraction of sp³-hybridized carbons (Fsp3) is 0.556. The van der Waals surface area contributed by atoms with E-state index in [1.54, 1.807) is 0 Å². The normalized spacial score (nSPS) is 22.4. The largest absolute Gasteiger partial charge is 0.452 e. The van der Waals surface area contributed by atoms with Crippen molar-refractivity contribution in [3.8, 4) is 0 Å². The van der Waals surface area contributed by atoms with E-state index in [-0.39, 0.29) is 34.8 Å². The number of ether oxygens (including phenoxy) is 1. The average Bonchev–Trinajstić information content (AvgIpc) is 2.65. The molecule has 26 heavy (non-hydrogen) atoms. The molecule has 1 aliphatic heterocycles. The second-order valence-electron chi connectivity index (χ2n) is 6.84. The lowest BCUT2D eigenvalue weighted by molar-refractivity contribution is -0.384. The predicted molar refractivity (Wildman–Crippen MR) is 95.1 cm³/mol. The zero-order valence-corrected chi connectivity index (χ0v) is 15.1. The molecule has 3 rings (SSSR count). The van der Waals surface area contributed by atoms with Crippen LogP contribution in [0.3, 0.4) is 0 Å². The van der Waals surface area contributed by atoms with E-state index >= 15 is 0 Å². The molecule has 0 spiro atoms. The van der Waals surface area contributed by atoms with E-state index in [1.165, 1.54) is 18.6 Å². The molecule has 1 saturated carbocycles. The Morgan fingerprint density at radius 2 is 1.96 bits per heavy atom. The maximum atomic E-state index is 12.6. The van der Waals surface area contributed by atoms with E-state index in [2.05, 4.69) is 0 Å². The molecule has 2 atom stereocenters. The average molecular weight is 381 g/mol. The van der Waals surface area contributed by atoms with Crippen molar-refractivity contribution < 1.29 is 19.2 Å². The van der Waals surface area contributed by atoms with Crippen molar-refractivity contribution in [3.05, 3.63) is 38.9 Å². The minimum Gasteiger partial charge on any atom is -0.452 e. The van der Waals surface area contributed by atoms with Crippen molar-refractivity contribution in [3.63, 3.8) is 0 Å². The van der Waals surface area contributed by atoms with Gasteiger partial charge in [-0.1, -0.05) is 24.4 Å². The van der Waals surface area contributed by atoms with Crippen molar-refractivity contribution in [2.45, 2.75) is 44.6 Å². The number of hydrogen-bond acceptors (Lipinski definition) is 5. The molecular formula is C18H21ClN2O5. The molecule has 0 radical (unpaired) electrons. The van der Waals surface area contributed by atoms with E-state index in [0.717, 1.165) is 38.2 Å². The molecule has 7 nitrogen and oxygen atoms in total. The highest BCUT2D eigenvalue weighted by atomic mass is 35.5. The van der Waals surface area contributed by atoms with Crippen LogP contribution in [-0.2, 0) is 9.53 Å². The van der Waals surface area contributed by atoms with Gasteiger partial charge >= 0.3 is 5.97 Å². The summed E-state index contributed by atoms with van der Waals surface area (Å²) in [5.41, 5.74) is -0.364. The van der Waals surface area contributed by atoms with Gasteiger partial charge in [0.15, 0.2) is 6.61 Å². The third kappa shape index (κ3) is 3.98. The van der Waals surface area contributed by atoms with Crippen molar-refractivity contribution in [1.82, 2.24) is 4.90 Å². The molecule has 1 aromatic rings. The number of nitro benzene ring substituents is 1. The lowest BCUT2D eigenvalue weighted by atomic mass is 9.78. The number of esters is 1. The highest BCUT2D eigenvalue weighted by Crippen LogP contribution is 2.35. The Hall–Kier alpha value is -2.15. The summed E-state index contributed by atoms with van der Waals surface area (Å²) in [6.07, 6.45) is 6.60. The van der Waals surface area contributed by atoms with Crippen molar-refractivity contribution >= 4 is 29.2 Å². The van der Waals surface area contributed by atoms with Crippen LogP contribution in [-0.4, -0.2) is 40.9 Å². The number of carbonyl (C=O) groups excluding carboxylic acids is 2. The molecule has 8 heteroatoms. The monoisotopic (exact) mass is 380 g/mol. The van der Waals surface area contributed by atoms with E-state index in [0.29, 0.717) is 12.5 Å². The number of nitro groups is 1. The number of halogens is 1. The minimum atomic E-state index is -0.829. The lowest BCUT2D eigenvalue weighted by Crippen LogP contribution is -2.50. The number of piperidine rings is 1. The smallest absolute Gasteiger partial charge is 0.340 e. The van der Waals surface area contributed by atoms with E-state index in [4.69, 9.17) is 16.3 Å². The molecule has 1 aliphatic carbocycles. The summed E-state index contributed by atoms with van der Waals surface area (Å²) >= 11 is 5.93. The number of nitrogens with zero attached hydrogens (tertiary/aromatic N) is 2. The van der Waals surface area contributed by atoms with Crippen LogP contribution in [0.15, 0.2) is 18.2 Å². The molecule has 1 heterocycles. The van der Waals surface area contributed by atoms with Crippen LogP contribution < -0.4 is 0 Å². The summed E-state index contributed by atoms with van der Waals surface area (Å²) in [5, 5.41) is 10.9. The SMILES string of the molecule is O=C(OCC(=O)N1CCC[C@H]2CCCC[C@H]21)c1cc([N+](=O)[O-])ccc1Cl. The standard InChI is InChI=1S/C18H21ClN2O5/c19-15-8-7-13(21(24)25)10-14(15)18(23)26-11-17(22)20-9-3-5-12-4-1-2-6-16(12)20/h7-8,10,12,16H,1-6,9,11H2/t12-,16-/m1/s1. The van der Waals surface area contributed by atoms with E-state index < -0.39 is 10.9 Å². The summed E-state index contributed by atoms with van der Waals surface area (Å²) in [7, 11) is 0. The molecule has 1 amide bonds. The van der Waals surface area contributed by atoms with Gasteiger partial charge < -0.3 is 9.64 Å². The number of benzene rings is 1. The van der Waals surface area contributed by atoms with Gasteiger partial charge in [-0.05, 0) is 37.7 Å². The first-order chi connectivity index (χ1) is 12.5. The van der Waals surface area contributed by atoms with Crippen LogP contribution in [0, 0.1) is 16.0 Å². The molecule has 2 aliphatic rings. The van der Waals surface area contributed by atoms with E-state index in [1.807, 2.05) is 4.90 Å². The number of carbonyl (C=O) groups is 2.